The summed E-state index contributed by atoms with van der Waals surface area (Å²) in [5.74, 6) is -0.228. The van der Waals surface area contributed by atoms with E-state index in [1.807, 2.05) is 0 Å². The Labute approximate surface area is 155 Å². The van der Waals surface area contributed by atoms with Gasteiger partial charge in [0, 0.05) is 18.7 Å². The van der Waals surface area contributed by atoms with Crippen LogP contribution in [-0.2, 0) is 14.8 Å². The lowest BCUT2D eigenvalue weighted by Gasteiger charge is -2.26. The third-order valence-electron chi connectivity index (χ3n) is 5.01. The van der Waals surface area contributed by atoms with Crippen molar-refractivity contribution in [1.29, 1.82) is 0 Å². The van der Waals surface area contributed by atoms with Gasteiger partial charge in [0.05, 0.1) is 31.2 Å². The zero-order valence-corrected chi connectivity index (χ0v) is 15.9. The molecule has 144 valence electrons. The molecule has 2 fully saturated rings. The van der Waals surface area contributed by atoms with E-state index in [0.717, 1.165) is 52.1 Å². The van der Waals surface area contributed by atoms with Gasteiger partial charge >= 0.3 is 0 Å². The van der Waals surface area contributed by atoms with Crippen molar-refractivity contribution in [2.45, 2.75) is 24.2 Å². The van der Waals surface area contributed by atoms with Crippen molar-refractivity contribution >= 4 is 15.9 Å². The average Bonchev–Trinajstić information content (AvgIpc) is 2.69. The van der Waals surface area contributed by atoms with Crippen LogP contribution in [0.1, 0.15) is 29.6 Å². The third-order valence-corrected chi connectivity index (χ3v) is 6.91. The van der Waals surface area contributed by atoms with Gasteiger partial charge in [-0.1, -0.05) is 12.5 Å². The predicted octanol–water partition coefficient (Wildman–Crippen LogP) is -0.494. The largest absolute Gasteiger partial charge is 0.370 e. The van der Waals surface area contributed by atoms with Gasteiger partial charge in [-0.15, -0.1) is 0 Å². The normalized spacial score (nSPS) is 20.0. The monoisotopic (exact) mass is 382 g/mol. The lowest BCUT2D eigenvalue weighted by Crippen LogP contribution is -3.14. The number of quaternary nitrogens is 1. The molecule has 1 aromatic carbocycles. The summed E-state index contributed by atoms with van der Waals surface area (Å²) in [6, 6.07) is 6.35. The number of benzene rings is 1. The van der Waals surface area contributed by atoms with Gasteiger partial charge in [0.1, 0.15) is 13.1 Å². The molecular weight excluding hydrogens is 354 g/mol. The van der Waals surface area contributed by atoms with Crippen molar-refractivity contribution in [3.8, 4) is 0 Å². The average molecular weight is 383 g/mol. The molecule has 0 aromatic heterocycles. The standard InChI is InChI=1S/C18H27N3O4S/c22-18(19-7-10-20-11-13-25-14-12-20)16-5-4-6-17(15-16)26(23,24)21-8-2-1-3-9-21/h4-6,15H,1-3,7-14H2,(H,19,22)/p+1. The SMILES string of the molecule is O=C(NCC[NH+]1CCOCC1)c1cccc(S(=O)(=O)N2CCCCC2)c1. The van der Waals surface area contributed by atoms with Crippen molar-refractivity contribution in [2.24, 2.45) is 0 Å². The van der Waals surface area contributed by atoms with Gasteiger partial charge in [-0.25, -0.2) is 8.42 Å². The van der Waals surface area contributed by atoms with Crippen molar-refractivity contribution in [3.63, 3.8) is 0 Å². The molecule has 7 nitrogen and oxygen atoms in total. The molecular formula is C18H28N3O4S+. The number of morpholine rings is 1. The minimum absolute atomic E-state index is 0.200. The smallest absolute Gasteiger partial charge is 0.251 e. The molecule has 0 spiro atoms. The Kier molecular flexibility index (Phi) is 6.63. The minimum Gasteiger partial charge on any atom is -0.370 e. The van der Waals surface area contributed by atoms with Crippen molar-refractivity contribution in [3.05, 3.63) is 29.8 Å². The van der Waals surface area contributed by atoms with E-state index in [2.05, 4.69) is 5.32 Å². The van der Waals surface area contributed by atoms with E-state index in [1.54, 1.807) is 18.2 Å². The summed E-state index contributed by atoms with van der Waals surface area (Å²) in [5, 5.41) is 2.90. The van der Waals surface area contributed by atoms with Crippen LogP contribution in [0, 0.1) is 0 Å². The summed E-state index contributed by atoms with van der Waals surface area (Å²) in [7, 11) is -3.52. The topological polar surface area (TPSA) is 80.1 Å². The molecule has 3 rings (SSSR count). The zero-order chi connectivity index (χ0) is 18.4. The first kappa shape index (κ1) is 19.3. The highest BCUT2D eigenvalue weighted by Gasteiger charge is 2.26. The van der Waals surface area contributed by atoms with Crippen LogP contribution >= 0.6 is 0 Å². The van der Waals surface area contributed by atoms with Gasteiger partial charge in [0.25, 0.3) is 5.91 Å². The van der Waals surface area contributed by atoms with Crippen LogP contribution in [0.4, 0.5) is 0 Å². The Bertz CT molecular complexity index is 711. The maximum absolute atomic E-state index is 12.8. The Hall–Kier alpha value is -1.48. The van der Waals surface area contributed by atoms with E-state index < -0.39 is 10.0 Å². The number of carbonyl (C=O) groups excluding carboxylic acids is 1. The van der Waals surface area contributed by atoms with Crippen LogP contribution in [-0.4, -0.2) is 71.1 Å². The summed E-state index contributed by atoms with van der Waals surface area (Å²) < 4.78 is 32.4. The Balaban J connectivity index is 1.59. The summed E-state index contributed by atoms with van der Waals surface area (Å²) in [4.78, 5) is 14.0. The van der Waals surface area contributed by atoms with E-state index >= 15 is 0 Å². The van der Waals surface area contributed by atoms with Gasteiger partial charge in [-0.3, -0.25) is 4.79 Å². The van der Waals surface area contributed by atoms with E-state index in [1.165, 1.54) is 15.3 Å². The number of ether oxygens (including phenoxy) is 1. The Morgan fingerprint density at radius 3 is 2.62 bits per heavy atom. The molecule has 1 amide bonds. The molecule has 0 saturated carbocycles. The number of rotatable bonds is 6. The molecule has 0 radical (unpaired) electrons. The molecule has 0 unspecified atom stereocenters. The molecule has 2 saturated heterocycles. The van der Waals surface area contributed by atoms with Crippen LogP contribution < -0.4 is 10.2 Å². The molecule has 1 aromatic rings. The quantitative estimate of drug-likeness (QED) is 0.696. The fourth-order valence-corrected chi connectivity index (χ4v) is 4.98. The van der Waals surface area contributed by atoms with Crippen molar-refractivity contribution < 1.29 is 22.8 Å². The van der Waals surface area contributed by atoms with E-state index in [0.29, 0.717) is 25.2 Å². The highest BCUT2D eigenvalue weighted by molar-refractivity contribution is 7.89. The second kappa shape index (κ2) is 8.94. The second-order valence-corrected chi connectivity index (χ2v) is 8.80. The van der Waals surface area contributed by atoms with E-state index in [4.69, 9.17) is 4.74 Å². The zero-order valence-electron chi connectivity index (χ0n) is 15.1. The molecule has 26 heavy (non-hydrogen) atoms. The Morgan fingerprint density at radius 1 is 1.15 bits per heavy atom. The highest BCUT2D eigenvalue weighted by atomic mass is 32.2. The number of nitrogens with zero attached hydrogens (tertiary/aromatic N) is 1. The first-order valence-corrected chi connectivity index (χ1v) is 10.8. The summed E-state index contributed by atoms with van der Waals surface area (Å²) in [6.07, 6.45) is 2.85. The molecule has 2 aliphatic heterocycles. The third kappa shape index (κ3) is 4.82. The maximum Gasteiger partial charge on any atom is 0.251 e. The summed E-state index contributed by atoms with van der Waals surface area (Å²) in [5.41, 5.74) is 0.389. The molecule has 0 aliphatic carbocycles. The van der Waals surface area contributed by atoms with Gasteiger partial charge < -0.3 is 15.0 Å². The number of sulfonamides is 1. The maximum atomic E-state index is 12.8. The molecule has 2 N–H and O–H groups in total. The summed E-state index contributed by atoms with van der Waals surface area (Å²) in [6.45, 7) is 5.97. The Morgan fingerprint density at radius 2 is 1.88 bits per heavy atom. The van der Waals surface area contributed by atoms with Crippen LogP contribution in [0.15, 0.2) is 29.2 Å². The molecule has 8 heteroatoms. The van der Waals surface area contributed by atoms with Gasteiger partial charge in [0.15, 0.2) is 0 Å². The summed E-state index contributed by atoms with van der Waals surface area (Å²) >= 11 is 0. The van der Waals surface area contributed by atoms with Crippen molar-refractivity contribution in [1.82, 2.24) is 9.62 Å². The first-order valence-electron chi connectivity index (χ1n) is 9.37. The van der Waals surface area contributed by atoms with E-state index in [-0.39, 0.29) is 10.8 Å². The fourth-order valence-electron chi connectivity index (χ4n) is 3.42. The first-order chi connectivity index (χ1) is 12.6. The number of hydrogen-bond donors (Lipinski definition) is 2. The van der Waals surface area contributed by atoms with Crippen LogP contribution in [0.3, 0.4) is 0 Å². The van der Waals surface area contributed by atoms with Gasteiger partial charge in [-0.2, -0.15) is 4.31 Å². The fraction of sp³-hybridized carbons (Fsp3) is 0.611. The molecule has 2 aliphatic rings. The van der Waals surface area contributed by atoms with Crippen molar-refractivity contribution in [2.75, 3.05) is 52.5 Å². The number of amides is 1. The number of carbonyl (C=O) groups is 1. The second-order valence-electron chi connectivity index (χ2n) is 6.86. The van der Waals surface area contributed by atoms with Crippen LogP contribution in [0.2, 0.25) is 0 Å². The van der Waals surface area contributed by atoms with E-state index in [9.17, 15) is 13.2 Å². The number of hydrogen-bond acceptors (Lipinski definition) is 4. The van der Waals surface area contributed by atoms with Crippen LogP contribution in [0.5, 0.6) is 0 Å². The number of piperidine rings is 1. The predicted molar refractivity (Wildman–Crippen MR) is 97.8 cm³/mol. The minimum atomic E-state index is -3.52. The van der Waals surface area contributed by atoms with Crippen LogP contribution in [0.25, 0.3) is 0 Å². The van der Waals surface area contributed by atoms with Gasteiger partial charge in [-0.05, 0) is 31.0 Å². The number of nitrogens with one attached hydrogen (secondary N) is 2. The lowest BCUT2D eigenvalue weighted by atomic mass is 10.2. The van der Waals surface area contributed by atoms with Gasteiger partial charge in [0.2, 0.25) is 10.0 Å². The molecule has 0 bridgehead atoms. The highest BCUT2D eigenvalue weighted by Crippen LogP contribution is 2.21. The molecule has 2 heterocycles. The lowest BCUT2D eigenvalue weighted by molar-refractivity contribution is -0.906. The molecule has 0 atom stereocenters.